The SMILES string of the molecule is O=[N+]([O-])c1ccc(OP(=O)(Cl)Oc2cccc3ccccc23)cc1. The van der Waals surface area contributed by atoms with Crippen LogP contribution in [0, 0.1) is 10.1 Å². The molecule has 0 heterocycles. The first-order valence-electron chi connectivity index (χ1n) is 6.86. The van der Waals surface area contributed by atoms with Gasteiger partial charge in [0, 0.05) is 28.8 Å². The van der Waals surface area contributed by atoms with Crippen LogP contribution in [-0.4, -0.2) is 4.92 Å². The Balaban J connectivity index is 1.82. The molecule has 3 aromatic rings. The summed E-state index contributed by atoms with van der Waals surface area (Å²) in [6.45, 7) is -3.98. The van der Waals surface area contributed by atoms with Gasteiger partial charge in [0.15, 0.2) is 0 Å². The van der Waals surface area contributed by atoms with Crippen molar-refractivity contribution in [1.29, 1.82) is 0 Å². The molecule has 0 bridgehead atoms. The molecule has 0 radical (unpaired) electrons. The molecule has 24 heavy (non-hydrogen) atoms. The smallest absolute Gasteiger partial charge is 0.405 e. The van der Waals surface area contributed by atoms with Crippen LogP contribution >= 0.6 is 18.2 Å². The van der Waals surface area contributed by atoms with E-state index in [9.17, 15) is 14.7 Å². The van der Waals surface area contributed by atoms with Crippen LogP contribution in [0.3, 0.4) is 0 Å². The van der Waals surface area contributed by atoms with Gasteiger partial charge in [-0.3, -0.25) is 10.1 Å². The quantitative estimate of drug-likeness (QED) is 0.337. The average molecular weight is 364 g/mol. The Labute approximate surface area is 142 Å². The second-order valence-electron chi connectivity index (χ2n) is 4.84. The summed E-state index contributed by atoms with van der Waals surface area (Å²) in [6.07, 6.45) is 0. The minimum Gasteiger partial charge on any atom is -0.405 e. The first-order valence-corrected chi connectivity index (χ1v) is 9.30. The van der Waals surface area contributed by atoms with E-state index in [0.29, 0.717) is 5.75 Å². The van der Waals surface area contributed by atoms with Gasteiger partial charge in [-0.25, -0.2) is 4.57 Å². The number of nitrogens with zero attached hydrogens (tertiary/aromatic N) is 1. The second kappa shape index (κ2) is 6.51. The van der Waals surface area contributed by atoms with Crippen molar-refractivity contribution in [2.24, 2.45) is 0 Å². The number of non-ortho nitro benzene ring substituents is 1. The predicted molar refractivity (Wildman–Crippen MR) is 91.8 cm³/mol. The molecule has 3 rings (SSSR count). The van der Waals surface area contributed by atoms with Crippen LogP contribution in [-0.2, 0) is 4.57 Å². The highest BCUT2D eigenvalue weighted by molar-refractivity contribution is 7.82. The molecule has 6 nitrogen and oxygen atoms in total. The number of hydrogen-bond acceptors (Lipinski definition) is 5. The van der Waals surface area contributed by atoms with Crippen molar-refractivity contribution in [2.45, 2.75) is 0 Å². The normalized spacial score (nSPS) is 13.2. The lowest BCUT2D eigenvalue weighted by Gasteiger charge is -2.15. The van der Waals surface area contributed by atoms with Gasteiger partial charge in [-0.05, 0) is 23.6 Å². The molecule has 0 aromatic heterocycles. The number of rotatable bonds is 5. The van der Waals surface area contributed by atoms with Crippen LogP contribution in [0.5, 0.6) is 11.5 Å². The van der Waals surface area contributed by atoms with E-state index >= 15 is 0 Å². The van der Waals surface area contributed by atoms with Gasteiger partial charge in [0.2, 0.25) is 0 Å². The predicted octanol–water partition coefficient (Wildman–Crippen LogP) is 5.55. The first-order chi connectivity index (χ1) is 11.4. The monoisotopic (exact) mass is 363 g/mol. The van der Waals surface area contributed by atoms with Gasteiger partial charge in [0.1, 0.15) is 11.5 Å². The highest BCUT2D eigenvalue weighted by Crippen LogP contribution is 2.54. The van der Waals surface area contributed by atoms with E-state index in [1.54, 1.807) is 12.1 Å². The van der Waals surface area contributed by atoms with E-state index in [-0.39, 0.29) is 11.4 Å². The number of hydrogen-bond donors (Lipinski definition) is 0. The summed E-state index contributed by atoms with van der Waals surface area (Å²) in [5.74, 6) is 0.438. The van der Waals surface area contributed by atoms with E-state index in [2.05, 4.69) is 0 Å². The summed E-state index contributed by atoms with van der Waals surface area (Å²) < 4.78 is 22.9. The minimum atomic E-state index is -3.98. The zero-order valence-corrected chi connectivity index (χ0v) is 13.8. The molecule has 0 aliphatic carbocycles. The fourth-order valence-corrected chi connectivity index (χ4v) is 3.43. The van der Waals surface area contributed by atoms with Crippen LogP contribution in [0.15, 0.2) is 66.7 Å². The molecule has 122 valence electrons. The average Bonchev–Trinajstić information content (AvgIpc) is 2.55. The standard InChI is InChI=1S/C16H11ClNO5P/c17-24(21,22-14-10-8-13(9-11-14)18(19)20)23-16-7-3-5-12-4-1-2-6-15(12)16/h1-11H. The minimum absolute atomic E-state index is 0.110. The molecule has 3 aromatic carbocycles. The largest absolute Gasteiger partial charge is 0.530 e. The van der Waals surface area contributed by atoms with Crippen molar-refractivity contribution in [1.82, 2.24) is 0 Å². The summed E-state index contributed by atoms with van der Waals surface area (Å²) in [5.41, 5.74) is -0.110. The van der Waals surface area contributed by atoms with Crippen molar-refractivity contribution in [3.63, 3.8) is 0 Å². The Kier molecular flexibility index (Phi) is 4.42. The Bertz CT molecular complexity index is 939. The maximum atomic E-state index is 12.4. The molecule has 0 aliphatic heterocycles. The molecule has 0 amide bonds. The summed E-state index contributed by atoms with van der Waals surface area (Å²) >= 11 is 5.89. The number of halogens is 1. The van der Waals surface area contributed by atoms with Gasteiger partial charge >= 0.3 is 6.95 Å². The van der Waals surface area contributed by atoms with E-state index in [0.717, 1.165) is 10.8 Å². The molecule has 0 spiro atoms. The molecule has 0 saturated carbocycles. The first kappa shape index (κ1) is 16.3. The maximum Gasteiger partial charge on any atom is 0.530 e. The van der Waals surface area contributed by atoms with Crippen LogP contribution < -0.4 is 9.05 Å². The molecule has 0 N–H and O–H groups in total. The summed E-state index contributed by atoms with van der Waals surface area (Å²) in [6, 6.07) is 17.7. The van der Waals surface area contributed by atoms with Crippen LogP contribution in [0.4, 0.5) is 5.69 Å². The summed E-state index contributed by atoms with van der Waals surface area (Å²) in [7, 11) is 0. The molecule has 8 heteroatoms. The fraction of sp³-hybridized carbons (Fsp3) is 0. The lowest BCUT2D eigenvalue weighted by Crippen LogP contribution is -1.96. The molecular formula is C16H11ClNO5P. The Morgan fingerprint density at radius 1 is 0.917 bits per heavy atom. The van der Waals surface area contributed by atoms with Crippen molar-refractivity contribution in [2.75, 3.05) is 0 Å². The molecule has 0 saturated heterocycles. The maximum absolute atomic E-state index is 12.4. The van der Waals surface area contributed by atoms with Crippen molar-refractivity contribution < 1.29 is 18.5 Å². The van der Waals surface area contributed by atoms with Crippen LogP contribution in [0.1, 0.15) is 0 Å². The molecule has 1 atom stereocenters. The van der Waals surface area contributed by atoms with Gasteiger partial charge in [-0.1, -0.05) is 36.4 Å². The zero-order chi connectivity index (χ0) is 17.2. The highest BCUT2D eigenvalue weighted by atomic mass is 35.7. The van der Waals surface area contributed by atoms with E-state index < -0.39 is 11.9 Å². The summed E-state index contributed by atoms with van der Waals surface area (Å²) in [5, 5.41) is 12.3. The van der Waals surface area contributed by atoms with Gasteiger partial charge in [0.25, 0.3) is 5.69 Å². The number of fused-ring (bicyclic) bond motifs is 1. The lowest BCUT2D eigenvalue weighted by atomic mass is 10.1. The number of nitro groups is 1. The van der Waals surface area contributed by atoms with Crippen molar-refractivity contribution in [3.05, 3.63) is 76.8 Å². The van der Waals surface area contributed by atoms with Gasteiger partial charge < -0.3 is 9.05 Å². The third kappa shape index (κ3) is 3.67. The molecule has 1 unspecified atom stereocenters. The van der Waals surface area contributed by atoms with Gasteiger partial charge in [-0.2, -0.15) is 0 Å². The van der Waals surface area contributed by atoms with Crippen LogP contribution in [0.2, 0.25) is 0 Å². The third-order valence-corrected chi connectivity index (χ3v) is 4.48. The Morgan fingerprint density at radius 2 is 1.58 bits per heavy atom. The van der Waals surface area contributed by atoms with E-state index in [4.69, 9.17) is 20.3 Å². The van der Waals surface area contributed by atoms with Crippen molar-refractivity contribution >= 4 is 34.6 Å². The number of benzene rings is 3. The zero-order valence-electron chi connectivity index (χ0n) is 12.2. The van der Waals surface area contributed by atoms with Crippen molar-refractivity contribution in [3.8, 4) is 11.5 Å². The lowest BCUT2D eigenvalue weighted by molar-refractivity contribution is -0.384. The molecule has 0 fully saturated rings. The number of nitro benzene ring substituents is 1. The molecule has 0 aliphatic rings. The fourth-order valence-electron chi connectivity index (χ4n) is 2.17. The van der Waals surface area contributed by atoms with Crippen LogP contribution in [0.25, 0.3) is 10.8 Å². The highest BCUT2D eigenvalue weighted by Gasteiger charge is 2.26. The van der Waals surface area contributed by atoms with Gasteiger partial charge in [-0.15, -0.1) is 0 Å². The topological polar surface area (TPSA) is 78.7 Å². The van der Waals surface area contributed by atoms with E-state index in [1.165, 1.54) is 24.3 Å². The van der Waals surface area contributed by atoms with E-state index in [1.807, 2.05) is 30.3 Å². The second-order valence-corrected chi connectivity index (χ2v) is 7.31. The van der Waals surface area contributed by atoms with Gasteiger partial charge in [0.05, 0.1) is 4.92 Å². The Morgan fingerprint density at radius 3 is 2.29 bits per heavy atom. The molecular weight excluding hydrogens is 353 g/mol. The Hall–Kier alpha value is -2.56. The third-order valence-electron chi connectivity index (χ3n) is 3.22. The summed E-state index contributed by atoms with van der Waals surface area (Å²) in [4.78, 5) is 10.1.